The van der Waals surface area contributed by atoms with Gasteiger partial charge in [0.2, 0.25) is 5.91 Å². The molecule has 0 unspecified atom stereocenters. The highest BCUT2D eigenvalue weighted by Crippen LogP contribution is 2.26. The topological polar surface area (TPSA) is 67.8 Å². The second-order valence-electron chi connectivity index (χ2n) is 4.88. The molecule has 3 rings (SSSR count). The van der Waals surface area contributed by atoms with Crippen molar-refractivity contribution in [2.75, 3.05) is 11.1 Å². The van der Waals surface area contributed by atoms with E-state index < -0.39 is 0 Å². The lowest BCUT2D eigenvalue weighted by Gasteiger charge is -1.99. The highest BCUT2D eigenvalue weighted by atomic mass is 32.2. The monoisotopic (exact) mass is 362 g/mol. The van der Waals surface area contributed by atoms with E-state index >= 15 is 0 Å². The van der Waals surface area contributed by atoms with Crippen molar-refractivity contribution in [2.24, 2.45) is 0 Å². The Hall–Kier alpha value is -1.77. The molecule has 118 valence electrons. The van der Waals surface area contributed by atoms with Crippen molar-refractivity contribution in [3.63, 3.8) is 0 Å². The van der Waals surface area contributed by atoms with Gasteiger partial charge in [0.1, 0.15) is 0 Å². The zero-order valence-corrected chi connectivity index (χ0v) is 15.0. The molecule has 1 N–H and O–H groups in total. The van der Waals surface area contributed by atoms with Gasteiger partial charge in [-0.3, -0.25) is 4.79 Å². The summed E-state index contributed by atoms with van der Waals surface area (Å²) in [5, 5.41) is 5.32. The summed E-state index contributed by atoms with van der Waals surface area (Å²) in [6.07, 6.45) is 0. The second-order valence-corrected chi connectivity index (χ2v) is 7.72. The summed E-state index contributed by atoms with van der Waals surface area (Å²) in [7, 11) is 0. The van der Waals surface area contributed by atoms with E-state index in [4.69, 9.17) is 0 Å². The molecule has 0 saturated heterocycles. The number of thioether (sulfide) groups is 1. The number of hydrogen-bond donors (Lipinski definition) is 1. The van der Waals surface area contributed by atoms with Crippen LogP contribution >= 0.6 is 34.6 Å². The number of amides is 1. The van der Waals surface area contributed by atoms with Crippen molar-refractivity contribution in [1.82, 2.24) is 14.3 Å². The predicted molar refractivity (Wildman–Crippen MR) is 96.3 cm³/mol. The molecule has 0 saturated carbocycles. The summed E-state index contributed by atoms with van der Waals surface area (Å²) >= 11 is 4.12. The number of carbonyl (C=O) groups excluding carboxylic acids is 1. The maximum atomic E-state index is 11.9. The number of aromatic nitrogens is 3. The number of anilines is 1. The van der Waals surface area contributed by atoms with Crippen LogP contribution in [0.15, 0.2) is 34.0 Å². The minimum atomic E-state index is -0.0864. The molecular weight excluding hydrogens is 348 g/mol. The smallest absolute Gasteiger partial charge is 0.236 e. The fourth-order valence-electron chi connectivity index (χ4n) is 1.86. The minimum absolute atomic E-state index is 0.0864. The van der Waals surface area contributed by atoms with Gasteiger partial charge in [0.05, 0.1) is 11.4 Å². The second kappa shape index (κ2) is 7.20. The van der Waals surface area contributed by atoms with Gasteiger partial charge in [-0.05, 0) is 31.4 Å². The van der Waals surface area contributed by atoms with E-state index in [-0.39, 0.29) is 5.91 Å². The molecule has 5 nitrogen and oxygen atoms in total. The average molecular weight is 363 g/mol. The molecule has 0 aliphatic carbocycles. The van der Waals surface area contributed by atoms with Crippen LogP contribution in [0.2, 0.25) is 0 Å². The number of benzene rings is 1. The van der Waals surface area contributed by atoms with Gasteiger partial charge in [0.15, 0.2) is 15.3 Å². The van der Waals surface area contributed by atoms with Crippen molar-refractivity contribution in [2.45, 2.75) is 18.2 Å². The van der Waals surface area contributed by atoms with E-state index in [1.165, 1.54) is 40.2 Å². The number of nitrogens with zero attached hydrogens (tertiary/aromatic N) is 3. The third kappa shape index (κ3) is 4.37. The molecule has 0 bridgehead atoms. The Labute approximate surface area is 146 Å². The Balaban J connectivity index is 1.58. The van der Waals surface area contributed by atoms with Gasteiger partial charge in [-0.1, -0.05) is 35.5 Å². The van der Waals surface area contributed by atoms with Crippen molar-refractivity contribution in [3.05, 3.63) is 40.9 Å². The van der Waals surface area contributed by atoms with E-state index in [0.717, 1.165) is 15.6 Å². The van der Waals surface area contributed by atoms with Crippen LogP contribution in [0, 0.1) is 13.8 Å². The summed E-state index contributed by atoms with van der Waals surface area (Å²) in [5.41, 5.74) is 3.07. The van der Waals surface area contributed by atoms with Crippen molar-refractivity contribution in [1.29, 1.82) is 0 Å². The summed E-state index contributed by atoms with van der Waals surface area (Å²) < 4.78 is 5.14. The van der Waals surface area contributed by atoms with Crippen LogP contribution in [0.4, 0.5) is 5.13 Å². The Kier molecular flexibility index (Phi) is 5.04. The first-order valence-electron chi connectivity index (χ1n) is 6.86. The molecule has 0 spiro atoms. The fraction of sp³-hybridized carbons (Fsp3) is 0.200. The van der Waals surface area contributed by atoms with Gasteiger partial charge in [-0.25, -0.2) is 9.97 Å². The van der Waals surface area contributed by atoms with Crippen LogP contribution in [-0.2, 0) is 4.79 Å². The number of hydrogen-bond acceptors (Lipinski definition) is 7. The summed E-state index contributed by atoms with van der Waals surface area (Å²) in [6.45, 7) is 3.94. The normalized spacial score (nSPS) is 10.7. The molecule has 0 fully saturated rings. The van der Waals surface area contributed by atoms with Crippen LogP contribution in [0.5, 0.6) is 0 Å². The van der Waals surface area contributed by atoms with E-state index in [1.807, 2.05) is 43.5 Å². The zero-order chi connectivity index (χ0) is 16.2. The maximum absolute atomic E-state index is 11.9. The molecule has 0 atom stereocenters. The lowest BCUT2D eigenvalue weighted by atomic mass is 10.1. The molecule has 2 heterocycles. The number of rotatable bonds is 5. The van der Waals surface area contributed by atoms with Crippen LogP contribution in [-0.4, -0.2) is 26.0 Å². The highest BCUT2D eigenvalue weighted by Gasteiger charge is 2.10. The number of aryl methyl sites for hydroxylation is 2. The average Bonchev–Trinajstić information content (AvgIpc) is 3.14. The standard InChI is InChI=1S/C15H14N4OS3/c1-9-4-3-5-11(6-9)13-18-15(23-19-13)22-8-12(20)17-14-16-10(2)7-21-14/h3-7H,8H2,1-2H3,(H,16,17,20). The molecule has 2 aromatic heterocycles. The molecule has 3 aromatic rings. The summed E-state index contributed by atoms with van der Waals surface area (Å²) in [6, 6.07) is 8.06. The van der Waals surface area contributed by atoms with Gasteiger partial charge in [-0.15, -0.1) is 11.3 Å². The molecule has 23 heavy (non-hydrogen) atoms. The number of nitrogens with one attached hydrogen (secondary N) is 1. The van der Waals surface area contributed by atoms with E-state index in [1.54, 1.807) is 0 Å². The van der Waals surface area contributed by atoms with Crippen LogP contribution < -0.4 is 5.32 Å². The molecule has 0 aliphatic heterocycles. The van der Waals surface area contributed by atoms with E-state index in [0.29, 0.717) is 16.7 Å². The lowest BCUT2D eigenvalue weighted by Crippen LogP contribution is -2.13. The van der Waals surface area contributed by atoms with Crippen LogP contribution in [0.3, 0.4) is 0 Å². The first-order chi connectivity index (χ1) is 11.1. The van der Waals surface area contributed by atoms with E-state index in [2.05, 4.69) is 19.7 Å². The Morgan fingerprint density at radius 2 is 2.17 bits per heavy atom. The number of carbonyl (C=O) groups is 1. The van der Waals surface area contributed by atoms with Gasteiger partial charge in [0.25, 0.3) is 0 Å². The van der Waals surface area contributed by atoms with E-state index in [9.17, 15) is 4.79 Å². The minimum Gasteiger partial charge on any atom is -0.301 e. The van der Waals surface area contributed by atoms with Crippen molar-refractivity contribution < 1.29 is 4.79 Å². The molecule has 1 aromatic carbocycles. The maximum Gasteiger partial charge on any atom is 0.236 e. The van der Waals surface area contributed by atoms with Gasteiger partial charge in [-0.2, -0.15) is 4.37 Å². The van der Waals surface area contributed by atoms with Gasteiger partial charge >= 0.3 is 0 Å². The van der Waals surface area contributed by atoms with Crippen LogP contribution in [0.1, 0.15) is 11.3 Å². The fourth-order valence-corrected chi connectivity index (χ4v) is 3.98. The predicted octanol–water partition coefficient (Wildman–Crippen LogP) is 4.01. The summed E-state index contributed by atoms with van der Waals surface area (Å²) in [4.78, 5) is 20.6. The molecular formula is C15H14N4OS3. The van der Waals surface area contributed by atoms with Gasteiger partial charge < -0.3 is 5.32 Å². The third-order valence-corrected chi connectivity index (χ3v) is 5.58. The largest absolute Gasteiger partial charge is 0.301 e. The Morgan fingerprint density at radius 3 is 2.91 bits per heavy atom. The third-order valence-electron chi connectivity index (χ3n) is 2.88. The molecule has 0 radical (unpaired) electrons. The first kappa shape index (κ1) is 16.1. The summed E-state index contributed by atoms with van der Waals surface area (Å²) in [5.74, 6) is 0.912. The van der Waals surface area contributed by atoms with Crippen molar-refractivity contribution >= 4 is 45.7 Å². The zero-order valence-electron chi connectivity index (χ0n) is 12.6. The highest BCUT2D eigenvalue weighted by molar-refractivity contribution is 8.01. The number of thiazole rings is 1. The first-order valence-corrected chi connectivity index (χ1v) is 9.49. The molecule has 0 aliphatic rings. The van der Waals surface area contributed by atoms with Gasteiger partial charge in [0, 0.05) is 10.9 Å². The SMILES string of the molecule is Cc1cccc(-c2nsc(SCC(=O)Nc3nc(C)cs3)n2)c1. The lowest BCUT2D eigenvalue weighted by molar-refractivity contribution is -0.113. The molecule has 1 amide bonds. The Bertz CT molecular complexity index is 828. The molecule has 8 heteroatoms. The Morgan fingerprint density at radius 1 is 1.30 bits per heavy atom. The van der Waals surface area contributed by atoms with Crippen molar-refractivity contribution in [3.8, 4) is 11.4 Å². The quantitative estimate of drug-likeness (QED) is 0.695. The van der Waals surface area contributed by atoms with Crippen LogP contribution in [0.25, 0.3) is 11.4 Å².